The first-order chi connectivity index (χ1) is 7.75. The van der Waals surface area contributed by atoms with E-state index in [0.29, 0.717) is 11.7 Å². The second kappa shape index (κ2) is 3.23. The van der Waals surface area contributed by atoms with E-state index < -0.39 is 0 Å². The number of nitrogen functional groups attached to an aromatic ring is 1. The predicted octanol–water partition coefficient (Wildman–Crippen LogP) is 1.57. The zero-order valence-corrected chi connectivity index (χ0v) is 8.67. The smallest absolute Gasteiger partial charge is 0.164 e. The molecule has 0 radical (unpaired) electrons. The zero-order valence-electron chi connectivity index (χ0n) is 8.67. The highest BCUT2D eigenvalue weighted by atomic mass is 16.3. The summed E-state index contributed by atoms with van der Waals surface area (Å²) in [6, 6.07) is 5.63. The van der Waals surface area contributed by atoms with Crippen LogP contribution in [0, 0.1) is 0 Å². The average Bonchev–Trinajstić information content (AvgIpc) is 3.01. The molecule has 1 heterocycles. The van der Waals surface area contributed by atoms with Crippen molar-refractivity contribution in [2.45, 2.75) is 18.9 Å². The van der Waals surface area contributed by atoms with Crippen LogP contribution in [0.25, 0.3) is 11.4 Å². The van der Waals surface area contributed by atoms with Crippen LogP contribution in [-0.2, 0) is 0 Å². The van der Waals surface area contributed by atoms with Gasteiger partial charge in [-0.1, -0.05) is 0 Å². The summed E-state index contributed by atoms with van der Waals surface area (Å²) in [7, 11) is 0. The number of nitrogens with two attached hydrogens (primary N) is 1. The lowest BCUT2D eigenvalue weighted by atomic mass is 10.2. The quantitative estimate of drug-likeness (QED) is 0.590. The van der Waals surface area contributed by atoms with Crippen molar-refractivity contribution in [3.05, 3.63) is 24.5 Å². The van der Waals surface area contributed by atoms with E-state index in [1.807, 2.05) is 0 Å². The van der Waals surface area contributed by atoms with Gasteiger partial charge in [-0.2, -0.15) is 0 Å². The summed E-state index contributed by atoms with van der Waals surface area (Å²) < 4.78 is 2.06. The Morgan fingerprint density at radius 3 is 2.88 bits per heavy atom. The Balaban J connectivity index is 2.07. The summed E-state index contributed by atoms with van der Waals surface area (Å²) in [4.78, 5) is 0. The van der Waals surface area contributed by atoms with Crippen molar-refractivity contribution in [2.75, 3.05) is 5.73 Å². The number of anilines is 1. The fourth-order valence-corrected chi connectivity index (χ4v) is 1.76. The number of hydrogen-bond donors (Lipinski definition) is 2. The summed E-state index contributed by atoms with van der Waals surface area (Å²) in [5, 5.41) is 17.4. The Hall–Kier alpha value is -2.04. The van der Waals surface area contributed by atoms with E-state index in [2.05, 4.69) is 14.8 Å². The van der Waals surface area contributed by atoms with Crippen LogP contribution in [0.2, 0.25) is 0 Å². The lowest BCUT2D eigenvalue weighted by Crippen LogP contribution is -1.96. The number of aromatic hydroxyl groups is 1. The topological polar surface area (TPSA) is 77.0 Å². The van der Waals surface area contributed by atoms with E-state index in [1.54, 1.807) is 24.5 Å². The molecule has 0 amide bonds. The van der Waals surface area contributed by atoms with Crippen LogP contribution in [0.3, 0.4) is 0 Å². The van der Waals surface area contributed by atoms with Crippen LogP contribution in [0.4, 0.5) is 5.69 Å². The number of aromatic nitrogens is 3. The van der Waals surface area contributed by atoms with Gasteiger partial charge in [-0.3, -0.25) is 0 Å². The molecule has 0 bridgehead atoms. The van der Waals surface area contributed by atoms with Gasteiger partial charge in [0.1, 0.15) is 12.1 Å². The first-order valence-corrected chi connectivity index (χ1v) is 5.24. The standard InChI is InChI=1S/C11H12N4O/c12-9-5-7(1-4-10(9)16)11-14-13-6-15(11)8-2-3-8/h1,4-6,8,16H,2-3,12H2. The summed E-state index contributed by atoms with van der Waals surface area (Å²) in [6.07, 6.45) is 4.10. The zero-order chi connectivity index (χ0) is 11.1. The SMILES string of the molecule is Nc1cc(-c2nncn2C2CC2)ccc1O. The third-order valence-corrected chi connectivity index (χ3v) is 2.80. The molecule has 0 spiro atoms. The van der Waals surface area contributed by atoms with Crippen LogP contribution < -0.4 is 5.73 Å². The number of rotatable bonds is 2. The third-order valence-electron chi connectivity index (χ3n) is 2.80. The number of nitrogens with zero attached hydrogens (tertiary/aromatic N) is 3. The molecule has 0 unspecified atom stereocenters. The first-order valence-electron chi connectivity index (χ1n) is 5.24. The minimum Gasteiger partial charge on any atom is -0.506 e. The van der Waals surface area contributed by atoms with Gasteiger partial charge in [-0.15, -0.1) is 10.2 Å². The van der Waals surface area contributed by atoms with Gasteiger partial charge < -0.3 is 15.4 Å². The third kappa shape index (κ3) is 1.41. The van der Waals surface area contributed by atoms with Crippen LogP contribution in [0.1, 0.15) is 18.9 Å². The van der Waals surface area contributed by atoms with Crippen molar-refractivity contribution in [3.63, 3.8) is 0 Å². The van der Waals surface area contributed by atoms with Crippen LogP contribution in [0.15, 0.2) is 24.5 Å². The van der Waals surface area contributed by atoms with Crippen molar-refractivity contribution < 1.29 is 5.11 Å². The number of phenols is 1. The first kappa shape index (κ1) is 9.21. The van der Waals surface area contributed by atoms with Crippen LogP contribution in [-0.4, -0.2) is 19.9 Å². The molecule has 3 rings (SSSR count). The minimum atomic E-state index is 0.0984. The van der Waals surface area contributed by atoms with Crippen LogP contribution in [0.5, 0.6) is 5.75 Å². The fraction of sp³-hybridized carbons (Fsp3) is 0.273. The van der Waals surface area contributed by atoms with E-state index in [1.165, 1.54) is 12.8 Å². The van der Waals surface area contributed by atoms with Crippen molar-refractivity contribution in [1.29, 1.82) is 0 Å². The number of phenolic OH excluding ortho intramolecular Hbond substituents is 1. The molecule has 1 aromatic carbocycles. The normalized spacial score (nSPS) is 15.2. The highest BCUT2D eigenvalue weighted by molar-refractivity contribution is 5.66. The van der Waals surface area contributed by atoms with Gasteiger partial charge in [0.25, 0.3) is 0 Å². The average molecular weight is 216 g/mol. The van der Waals surface area contributed by atoms with E-state index >= 15 is 0 Å². The molecule has 1 aliphatic carbocycles. The molecule has 0 aliphatic heterocycles. The molecule has 5 heteroatoms. The Morgan fingerprint density at radius 2 is 2.19 bits per heavy atom. The van der Waals surface area contributed by atoms with Crippen molar-refractivity contribution in [1.82, 2.24) is 14.8 Å². The van der Waals surface area contributed by atoms with Gasteiger partial charge in [0, 0.05) is 11.6 Å². The largest absolute Gasteiger partial charge is 0.506 e. The maximum Gasteiger partial charge on any atom is 0.164 e. The summed E-state index contributed by atoms with van der Waals surface area (Å²) in [5.74, 6) is 0.912. The van der Waals surface area contributed by atoms with E-state index in [4.69, 9.17) is 5.73 Å². The highest BCUT2D eigenvalue weighted by Crippen LogP contribution is 2.38. The van der Waals surface area contributed by atoms with Gasteiger partial charge in [-0.25, -0.2) is 0 Å². The lowest BCUT2D eigenvalue weighted by molar-refractivity contribution is 0.478. The second-order valence-corrected chi connectivity index (χ2v) is 4.07. The predicted molar refractivity (Wildman–Crippen MR) is 59.8 cm³/mol. The molecule has 0 saturated heterocycles. The van der Waals surface area contributed by atoms with E-state index in [-0.39, 0.29) is 5.75 Å². The molecule has 5 nitrogen and oxygen atoms in total. The van der Waals surface area contributed by atoms with E-state index in [9.17, 15) is 5.11 Å². The summed E-state index contributed by atoms with van der Waals surface area (Å²) in [5.41, 5.74) is 6.91. The molecule has 1 saturated carbocycles. The molecule has 0 atom stereocenters. The summed E-state index contributed by atoms with van der Waals surface area (Å²) in [6.45, 7) is 0. The Bertz CT molecular complexity index is 531. The van der Waals surface area contributed by atoms with Crippen molar-refractivity contribution in [3.8, 4) is 17.1 Å². The molecule has 82 valence electrons. The highest BCUT2D eigenvalue weighted by Gasteiger charge is 2.26. The monoisotopic (exact) mass is 216 g/mol. The van der Waals surface area contributed by atoms with Gasteiger partial charge in [-0.05, 0) is 31.0 Å². The van der Waals surface area contributed by atoms with Crippen molar-refractivity contribution >= 4 is 5.69 Å². The van der Waals surface area contributed by atoms with Gasteiger partial charge in [0.15, 0.2) is 5.82 Å². The van der Waals surface area contributed by atoms with Gasteiger partial charge in [0.05, 0.1) is 5.69 Å². The maximum atomic E-state index is 9.36. The molecule has 16 heavy (non-hydrogen) atoms. The maximum absolute atomic E-state index is 9.36. The number of benzene rings is 1. The minimum absolute atomic E-state index is 0.0984. The molecule has 3 N–H and O–H groups in total. The number of hydrogen-bond acceptors (Lipinski definition) is 4. The van der Waals surface area contributed by atoms with Gasteiger partial charge >= 0.3 is 0 Å². The van der Waals surface area contributed by atoms with E-state index in [0.717, 1.165) is 11.4 Å². The van der Waals surface area contributed by atoms with Crippen LogP contribution >= 0.6 is 0 Å². The second-order valence-electron chi connectivity index (χ2n) is 4.07. The Labute approximate surface area is 92.5 Å². The summed E-state index contributed by atoms with van der Waals surface area (Å²) >= 11 is 0. The lowest BCUT2D eigenvalue weighted by Gasteiger charge is -2.06. The van der Waals surface area contributed by atoms with Crippen molar-refractivity contribution in [2.24, 2.45) is 0 Å². The molecular formula is C11H12N4O. The molecule has 1 fully saturated rings. The fourth-order valence-electron chi connectivity index (χ4n) is 1.76. The molecule has 1 aliphatic rings. The molecule has 1 aromatic heterocycles. The Morgan fingerprint density at radius 1 is 1.38 bits per heavy atom. The van der Waals surface area contributed by atoms with Gasteiger partial charge in [0.2, 0.25) is 0 Å². The molecular weight excluding hydrogens is 204 g/mol. The Kier molecular flexibility index (Phi) is 1.86. The molecule has 2 aromatic rings.